The molecule has 2 rings (SSSR count). The second-order valence-corrected chi connectivity index (χ2v) is 4.99. The summed E-state index contributed by atoms with van der Waals surface area (Å²) in [6, 6.07) is 7.95. The average Bonchev–Trinajstić information content (AvgIpc) is 2.75. The number of hydrogen-bond acceptors (Lipinski definition) is 3. The van der Waals surface area contributed by atoms with Gasteiger partial charge in [-0.05, 0) is 51.2 Å². The van der Waals surface area contributed by atoms with Crippen LogP contribution in [0.4, 0.5) is 0 Å². The molecular weight excluding hydrogens is 282 g/mol. The Morgan fingerprint density at radius 3 is 2.90 bits per heavy atom. The van der Waals surface area contributed by atoms with Gasteiger partial charge in [-0.3, -0.25) is 5.43 Å². The molecule has 21 heavy (non-hydrogen) atoms. The molecule has 2 aromatic heterocycles. The van der Waals surface area contributed by atoms with Crippen LogP contribution in [0.1, 0.15) is 23.9 Å². The van der Waals surface area contributed by atoms with Crippen LogP contribution < -0.4 is 10.7 Å². The third kappa shape index (κ3) is 3.66. The molecule has 0 unspecified atom stereocenters. The van der Waals surface area contributed by atoms with E-state index in [4.69, 9.17) is 12.2 Å². The van der Waals surface area contributed by atoms with E-state index < -0.39 is 0 Å². The number of nitrogens with zero attached hydrogens (tertiary/aromatic N) is 3. The third-order valence-electron chi connectivity index (χ3n) is 3.06. The van der Waals surface area contributed by atoms with Gasteiger partial charge < -0.3 is 9.88 Å². The predicted octanol–water partition coefficient (Wildman–Crippen LogP) is 2.31. The molecule has 0 atom stereocenters. The molecule has 6 heteroatoms. The predicted molar refractivity (Wildman–Crippen MR) is 90.0 cm³/mol. The van der Waals surface area contributed by atoms with Crippen molar-refractivity contribution >= 4 is 23.5 Å². The zero-order chi connectivity index (χ0) is 15.2. The number of rotatable bonds is 4. The summed E-state index contributed by atoms with van der Waals surface area (Å²) >= 11 is 5.06. The van der Waals surface area contributed by atoms with E-state index in [0.717, 1.165) is 29.3 Å². The van der Waals surface area contributed by atoms with Crippen LogP contribution in [0.2, 0.25) is 0 Å². The lowest BCUT2D eigenvalue weighted by atomic mass is 10.3. The Balaban J connectivity index is 2.20. The van der Waals surface area contributed by atoms with Crippen LogP contribution in [-0.2, 0) is 0 Å². The Morgan fingerprint density at radius 1 is 1.43 bits per heavy atom. The Bertz CT molecular complexity index is 646. The number of aryl methyl sites for hydroxylation is 1. The third-order valence-corrected chi connectivity index (χ3v) is 3.29. The summed E-state index contributed by atoms with van der Waals surface area (Å²) in [5, 5.41) is 7.66. The van der Waals surface area contributed by atoms with E-state index in [1.165, 1.54) is 0 Å². The van der Waals surface area contributed by atoms with Crippen molar-refractivity contribution < 1.29 is 0 Å². The van der Waals surface area contributed by atoms with Gasteiger partial charge in [-0.15, -0.1) is 0 Å². The molecule has 110 valence electrons. The van der Waals surface area contributed by atoms with Gasteiger partial charge in [0.1, 0.15) is 5.82 Å². The minimum absolute atomic E-state index is 0.521. The molecule has 0 aromatic carbocycles. The molecule has 0 spiro atoms. The van der Waals surface area contributed by atoms with E-state index in [1.54, 1.807) is 12.4 Å². The monoisotopic (exact) mass is 301 g/mol. The number of hydrogen-bond donors (Lipinski definition) is 2. The van der Waals surface area contributed by atoms with Crippen LogP contribution in [0.3, 0.4) is 0 Å². The van der Waals surface area contributed by atoms with Gasteiger partial charge in [0.05, 0.1) is 6.21 Å². The van der Waals surface area contributed by atoms with Gasteiger partial charge in [0.2, 0.25) is 0 Å². The largest absolute Gasteiger partial charge is 0.362 e. The average molecular weight is 301 g/mol. The molecule has 0 saturated heterocycles. The maximum atomic E-state index is 5.06. The van der Waals surface area contributed by atoms with Crippen LogP contribution in [0.5, 0.6) is 0 Å². The highest BCUT2D eigenvalue weighted by atomic mass is 32.1. The quantitative estimate of drug-likeness (QED) is 0.517. The van der Waals surface area contributed by atoms with Crippen molar-refractivity contribution in [3.8, 4) is 5.82 Å². The number of pyridine rings is 1. The molecule has 2 aromatic rings. The van der Waals surface area contributed by atoms with Crippen molar-refractivity contribution in [1.29, 1.82) is 0 Å². The topological polar surface area (TPSA) is 54.2 Å². The summed E-state index contributed by atoms with van der Waals surface area (Å²) in [5.41, 5.74) is 6.03. The second kappa shape index (κ2) is 6.99. The molecular formula is C15H19N5S. The highest BCUT2D eigenvalue weighted by molar-refractivity contribution is 7.80. The molecule has 0 aliphatic rings. The van der Waals surface area contributed by atoms with Gasteiger partial charge in [0, 0.05) is 29.7 Å². The van der Waals surface area contributed by atoms with Gasteiger partial charge in [0.15, 0.2) is 5.11 Å². The standard InChI is InChI=1S/C15H19N5S/c1-4-16-15(21)19-18-10-13-9-11(2)20(12(13)3)14-7-5-6-8-17-14/h5-10H,4H2,1-3H3,(H2,16,19,21)/b18-10-. The molecule has 0 aliphatic heterocycles. The fourth-order valence-corrected chi connectivity index (χ4v) is 2.31. The maximum absolute atomic E-state index is 5.06. The van der Waals surface area contributed by atoms with Crippen LogP contribution in [0.15, 0.2) is 35.6 Å². The summed E-state index contributed by atoms with van der Waals surface area (Å²) in [7, 11) is 0. The van der Waals surface area contributed by atoms with Crippen LogP contribution in [-0.4, -0.2) is 27.4 Å². The fraction of sp³-hybridized carbons (Fsp3) is 0.267. The van der Waals surface area contributed by atoms with Crippen LogP contribution in [0.25, 0.3) is 5.82 Å². The molecule has 5 nitrogen and oxygen atoms in total. The molecule has 0 amide bonds. The maximum Gasteiger partial charge on any atom is 0.186 e. The van der Waals surface area contributed by atoms with Gasteiger partial charge in [-0.25, -0.2) is 4.98 Å². The summed E-state index contributed by atoms with van der Waals surface area (Å²) in [4.78, 5) is 4.39. The van der Waals surface area contributed by atoms with Gasteiger partial charge in [0.25, 0.3) is 0 Å². The number of nitrogens with one attached hydrogen (secondary N) is 2. The van der Waals surface area contributed by atoms with Crippen LogP contribution >= 0.6 is 12.2 Å². The lowest BCUT2D eigenvalue weighted by molar-refractivity contribution is 0.903. The normalized spacial score (nSPS) is 10.8. The van der Waals surface area contributed by atoms with E-state index in [0.29, 0.717) is 5.11 Å². The lowest BCUT2D eigenvalue weighted by Gasteiger charge is -2.07. The Kier molecular flexibility index (Phi) is 5.05. The van der Waals surface area contributed by atoms with E-state index in [2.05, 4.69) is 38.4 Å². The summed E-state index contributed by atoms with van der Waals surface area (Å²) < 4.78 is 2.10. The van der Waals surface area contributed by atoms with E-state index >= 15 is 0 Å². The molecule has 2 N–H and O–H groups in total. The lowest BCUT2D eigenvalue weighted by Crippen LogP contribution is -2.31. The van der Waals surface area contributed by atoms with Crippen molar-refractivity contribution in [2.75, 3.05) is 6.54 Å². The van der Waals surface area contributed by atoms with E-state index in [1.807, 2.05) is 32.0 Å². The van der Waals surface area contributed by atoms with Crippen molar-refractivity contribution in [2.45, 2.75) is 20.8 Å². The van der Waals surface area contributed by atoms with Crippen LogP contribution in [0, 0.1) is 13.8 Å². The first kappa shape index (κ1) is 15.2. The number of aromatic nitrogens is 2. The van der Waals surface area contributed by atoms with Gasteiger partial charge in [-0.2, -0.15) is 5.10 Å². The number of thiocarbonyl (C=S) groups is 1. The zero-order valence-corrected chi connectivity index (χ0v) is 13.2. The number of hydrazone groups is 1. The Morgan fingerprint density at radius 2 is 2.24 bits per heavy atom. The molecule has 0 bridgehead atoms. The first-order valence-electron chi connectivity index (χ1n) is 6.80. The second-order valence-electron chi connectivity index (χ2n) is 4.58. The van der Waals surface area contributed by atoms with E-state index in [-0.39, 0.29) is 0 Å². The first-order valence-corrected chi connectivity index (χ1v) is 7.21. The SMILES string of the molecule is CCNC(=S)N/N=C\c1cc(C)n(-c2ccccn2)c1C. The minimum atomic E-state index is 0.521. The highest BCUT2D eigenvalue weighted by Gasteiger charge is 2.09. The molecule has 0 radical (unpaired) electrons. The molecule has 0 aliphatic carbocycles. The molecule has 2 heterocycles. The molecule has 0 fully saturated rings. The smallest absolute Gasteiger partial charge is 0.186 e. The highest BCUT2D eigenvalue weighted by Crippen LogP contribution is 2.17. The Hall–Kier alpha value is -2.21. The van der Waals surface area contributed by atoms with Crippen molar-refractivity contribution in [2.24, 2.45) is 5.10 Å². The van der Waals surface area contributed by atoms with Gasteiger partial charge >= 0.3 is 0 Å². The summed E-state index contributed by atoms with van der Waals surface area (Å²) in [5.74, 6) is 0.906. The molecule has 0 saturated carbocycles. The van der Waals surface area contributed by atoms with Crippen molar-refractivity contribution in [1.82, 2.24) is 20.3 Å². The minimum Gasteiger partial charge on any atom is -0.362 e. The van der Waals surface area contributed by atoms with E-state index in [9.17, 15) is 0 Å². The van der Waals surface area contributed by atoms with Crippen molar-refractivity contribution in [3.05, 3.63) is 47.4 Å². The first-order chi connectivity index (χ1) is 10.1. The van der Waals surface area contributed by atoms with Crippen molar-refractivity contribution in [3.63, 3.8) is 0 Å². The zero-order valence-electron chi connectivity index (χ0n) is 12.4. The van der Waals surface area contributed by atoms with Gasteiger partial charge in [-0.1, -0.05) is 6.07 Å². The fourth-order valence-electron chi connectivity index (χ4n) is 2.12. The summed E-state index contributed by atoms with van der Waals surface area (Å²) in [6.07, 6.45) is 3.56. The Labute approximate surface area is 130 Å². The summed E-state index contributed by atoms with van der Waals surface area (Å²) in [6.45, 7) is 6.86.